The zero-order chi connectivity index (χ0) is 22.3. The molecule has 0 saturated carbocycles. The van der Waals surface area contributed by atoms with Crippen molar-refractivity contribution in [1.29, 1.82) is 0 Å². The normalized spacial score (nSPS) is 10.9. The summed E-state index contributed by atoms with van der Waals surface area (Å²) in [6.07, 6.45) is -4.48. The van der Waals surface area contributed by atoms with Crippen LogP contribution in [0.15, 0.2) is 42.5 Å². The summed E-state index contributed by atoms with van der Waals surface area (Å²) in [5.41, 5.74) is -0.317. The van der Waals surface area contributed by atoms with Gasteiger partial charge in [-0.25, -0.2) is 4.79 Å². The molecule has 0 bridgehead atoms. The van der Waals surface area contributed by atoms with Crippen molar-refractivity contribution in [2.24, 2.45) is 0 Å². The highest BCUT2D eigenvalue weighted by molar-refractivity contribution is 5.99. The predicted molar refractivity (Wildman–Crippen MR) is 98.2 cm³/mol. The smallest absolute Gasteiger partial charge is 0.422 e. The van der Waals surface area contributed by atoms with E-state index in [0.29, 0.717) is 5.56 Å². The Morgan fingerprint density at radius 2 is 1.83 bits per heavy atom. The number of benzene rings is 2. The average Bonchev–Trinajstić information content (AvgIpc) is 2.70. The standard InChI is InChI=1S/C19H17F3N2O6/c1-2-29-18(26)14-7-13(8-15(9-14)24(27)28)17(25)23-10-12-4-3-5-16(6-12)30-11-19(20,21)22/h3-9H,2,10-11H2,1H3,(H,23,25). The summed E-state index contributed by atoms with van der Waals surface area (Å²) < 4.78 is 46.2. The highest BCUT2D eigenvalue weighted by Gasteiger charge is 2.28. The summed E-state index contributed by atoms with van der Waals surface area (Å²) in [4.78, 5) is 34.6. The molecule has 0 aliphatic heterocycles. The number of hydrogen-bond acceptors (Lipinski definition) is 6. The Bertz CT molecular complexity index is 946. The van der Waals surface area contributed by atoms with Gasteiger partial charge in [0, 0.05) is 24.2 Å². The van der Waals surface area contributed by atoms with E-state index >= 15 is 0 Å². The first-order valence-corrected chi connectivity index (χ1v) is 8.62. The fourth-order valence-electron chi connectivity index (χ4n) is 2.37. The number of esters is 1. The molecule has 0 unspecified atom stereocenters. The molecule has 0 heterocycles. The zero-order valence-corrected chi connectivity index (χ0v) is 15.7. The SMILES string of the molecule is CCOC(=O)c1cc(C(=O)NCc2cccc(OCC(F)(F)F)c2)cc([N+](=O)[O-])c1. The van der Waals surface area contributed by atoms with E-state index in [9.17, 15) is 32.9 Å². The van der Waals surface area contributed by atoms with Gasteiger partial charge in [-0.3, -0.25) is 14.9 Å². The van der Waals surface area contributed by atoms with Gasteiger partial charge in [-0.2, -0.15) is 13.2 Å². The fourth-order valence-corrected chi connectivity index (χ4v) is 2.37. The number of alkyl halides is 3. The number of hydrogen-bond donors (Lipinski definition) is 1. The van der Waals surface area contributed by atoms with E-state index in [1.807, 2.05) is 0 Å². The number of carbonyl (C=O) groups is 2. The van der Waals surface area contributed by atoms with Gasteiger partial charge >= 0.3 is 12.1 Å². The topological polar surface area (TPSA) is 108 Å². The molecule has 8 nitrogen and oxygen atoms in total. The van der Waals surface area contributed by atoms with Gasteiger partial charge in [0.05, 0.1) is 17.1 Å². The molecule has 0 aromatic heterocycles. The Morgan fingerprint density at radius 1 is 1.13 bits per heavy atom. The first kappa shape index (κ1) is 22.7. The largest absolute Gasteiger partial charge is 0.484 e. The molecule has 0 atom stereocenters. The third-order valence-electron chi connectivity index (χ3n) is 3.66. The summed E-state index contributed by atoms with van der Waals surface area (Å²) in [7, 11) is 0. The second-order valence-corrected chi connectivity index (χ2v) is 5.98. The lowest BCUT2D eigenvalue weighted by atomic mass is 10.1. The van der Waals surface area contributed by atoms with Gasteiger partial charge in [0.2, 0.25) is 0 Å². The maximum absolute atomic E-state index is 12.4. The molecule has 30 heavy (non-hydrogen) atoms. The molecule has 1 N–H and O–H groups in total. The second-order valence-electron chi connectivity index (χ2n) is 5.98. The Labute approximate surface area is 168 Å². The second kappa shape index (κ2) is 9.72. The number of nitrogens with zero attached hydrogens (tertiary/aromatic N) is 1. The first-order valence-electron chi connectivity index (χ1n) is 8.62. The minimum atomic E-state index is -4.48. The summed E-state index contributed by atoms with van der Waals surface area (Å²) in [5.74, 6) is -1.56. The molecular weight excluding hydrogens is 409 g/mol. The third kappa shape index (κ3) is 6.76. The molecule has 0 fully saturated rings. The highest BCUT2D eigenvalue weighted by atomic mass is 19.4. The summed E-state index contributed by atoms with van der Waals surface area (Å²) in [6.45, 7) is 0.0812. The molecule has 2 aromatic rings. The van der Waals surface area contributed by atoms with E-state index in [0.717, 1.165) is 18.2 Å². The number of rotatable bonds is 8. The van der Waals surface area contributed by atoms with Crippen molar-refractivity contribution in [3.63, 3.8) is 0 Å². The fraction of sp³-hybridized carbons (Fsp3) is 0.263. The number of nitro groups is 1. The van der Waals surface area contributed by atoms with Crippen LogP contribution in [0.4, 0.5) is 18.9 Å². The van der Waals surface area contributed by atoms with Crippen LogP contribution in [0.3, 0.4) is 0 Å². The number of nitrogens with one attached hydrogen (secondary N) is 1. The Balaban J connectivity index is 2.12. The van der Waals surface area contributed by atoms with Crippen LogP contribution in [0.5, 0.6) is 5.75 Å². The van der Waals surface area contributed by atoms with Gasteiger partial charge in [-0.05, 0) is 30.7 Å². The van der Waals surface area contributed by atoms with Crippen LogP contribution in [0.25, 0.3) is 0 Å². The molecule has 2 rings (SSSR count). The van der Waals surface area contributed by atoms with E-state index in [4.69, 9.17) is 4.74 Å². The minimum Gasteiger partial charge on any atom is -0.484 e. The average molecular weight is 426 g/mol. The summed E-state index contributed by atoms with van der Waals surface area (Å²) >= 11 is 0. The van der Waals surface area contributed by atoms with Crippen LogP contribution < -0.4 is 10.1 Å². The Kier molecular flexibility index (Phi) is 7.34. The molecule has 160 valence electrons. The Morgan fingerprint density at radius 3 is 2.47 bits per heavy atom. The molecule has 2 aromatic carbocycles. The first-order chi connectivity index (χ1) is 14.1. The molecule has 11 heteroatoms. The highest BCUT2D eigenvalue weighted by Crippen LogP contribution is 2.20. The Hall–Kier alpha value is -3.63. The molecule has 0 radical (unpaired) electrons. The number of amides is 1. The lowest BCUT2D eigenvalue weighted by Crippen LogP contribution is -2.23. The van der Waals surface area contributed by atoms with Crippen LogP contribution >= 0.6 is 0 Å². The van der Waals surface area contributed by atoms with Gasteiger partial charge < -0.3 is 14.8 Å². The van der Waals surface area contributed by atoms with Crippen molar-refractivity contribution in [3.05, 3.63) is 69.3 Å². The number of non-ortho nitro benzene ring substituents is 1. The lowest BCUT2D eigenvalue weighted by Gasteiger charge is -2.11. The number of halogens is 3. The zero-order valence-electron chi connectivity index (χ0n) is 15.7. The van der Waals surface area contributed by atoms with E-state index in [2.05, 4.69) is 10.1 Å². The van der Waals surface area contributed by atoms with E-state index in [-0.39, 0.29) is 30.0 Å². The lowest BCUT2D eigenvalue weighted by molar-refractivity contribution is -0.384. The van der Waals surface area contributed by atoms with Crippen LogP contribution in [0.2, 0.25) is 0 Å². The van der Waals surface area contributed by atoms with Crippen LogP contribution in [0.1, 0.15) is 33.2 Å². The van der Waals surface area contributed by atoms with Gasteiger partial charge in [0.15, 0.2) is 6.61 Å². The third-order valence-corrected chi connectivity index (χ3v) is 3.66. The molecular formula is C19H17F3N2O6. The van der Waals surface area contributed by atoms with Crippen molar-refractivity contribution in [3.8, 4) is 5.75 Å². The molecule has 0 spiro atoms. The number of nitro benzene ring substituents is 1. The number of ether oxygens (including phenoxy) is 2. The van der Waals surface area contributed by atoms with Crippen molar-refractivity contribution < 1.29 is 37.2 Å². The van der Waals surface area contributed by atoms with E-state index in [1.54, 1.807) is 13.0 Å². The maximum atomic E-state index is 12.4. The van der Waals surface area contributed by atoms with Gasteiger partial charge in [-0.15, -0.1) is 0 Å². The predicted octanol–water partition coefficient (Wildman–Crippen LogP) is 3.64. The van der Waals surface area contributed by atoms with E-state index in [1.165, 1.54) is 18.2 Å². The van der Waals surface area contributed by atoms with Crippen LogP contribution in [-0.2, 0) is 11.3 Å². The van der Waals surface area contributed by atoms with Crippen molar-refractivity contribution in [2.45, 2.75) is 19.6 Å². The summed E-state index contributed by atoms with van der Waals surface area (Å²) in [5, 5.41) is 13.6. The van der Waals surface area contributed by atoms with Gasteiger partial charge in [0.25, 0.3) is 11.6 Å². The molecule has 1 amide bonds. The quantitative estimate of drug-likeness (QED) is 0.392. The van der Waals surface area contributed by atoms with Crippen LogP contribution in [-0.4, -0.2) is 36.2 Å². The van der Waals surface area contributed by atoms with Gasteiger partial charge in [-0.1, -0.05) is 12.1 Å². The van der Waals surface area contributed by atoms with Crippen LogP contribution in [0, 0.1) is 10.1 Å². The van der Waals surface area contributed by atoms with Gasteiger partial charge in [0.1, 0.15) is 5.75 Å². The minimum absolute atomic E-state index is 0.0287. The molecule has 0 aliphatic rings. The van der Waals surface area contributed by atoms with Crippen molar-refractivity contribution in [2.75, 3.05) is 13.2 Å². The van der Waals surface area contributed by atoms with Crippen molar-refractivity contribution in [1.82, 2.24) is 5.32 Å². The maximum Gasteiger partial charge on any atom is 0.422 e. The molecule has 0 saturated heterocycles. The summed E-state index contributed by atoms with van der Waals surface area (Å²) in [6, 6.07) is 8.82. The van der Waals surface area contributed by atoms with E-state index < -0.39 is 35.3 Å². The van der Waals surface area contributed by atoms with Crippen molar-refractivity contribution >= 4 is 17.6 Å². The monoisotopic (exact) mass is 426 g/mol. The number of carbonyl (C=O) groups excluding carboxylic acids is 2. The molecule has 0 aliphatic carbocycles.